The van der Waals surface area contributed by atoms with Crippen molar-refractivity contribution in [1.82, 2.24) is 10.2 Å². The van der Waals surface area contributed by atoms with Crippen LogP contribution >= 0.6 is 0 Å². The third-order valence-corrected chi connectivity index (χ3v) is 2.49. The fourth-order valence-corrected chi connectivity index (χ4v) is 1.71. The van der Waals surface area contributed by atoms with Crippen molar-refractivity contribution < 1.29 is 4.79 Å². The van der Waals surface area contributed by atoms with Crippen molar-refractivity contribution in [2.75, 3.05) is 13.1 Å². The maximum Gasteiger partial charge on any atom is 0.207 e. The summed E-state index contributed by atoms with van der Waals surface area (Å²) < 4.78 is 0. The third-order valence-electron chi connectivity index (χ3n) is 2.49. The highest BCUT2D eigenvalue weighted by molar-refractivity contribution is 5.46. The SMILES string of the molecule is CC(C)N1CCCC(NC=O)C1. The number of nitrogens with zero attached hydrogens (tertiary/aromatic N) is 1. The number of nitrogens with one attached hydrogen (secondary N) is 1. The van der Waals surface area contributed by atoms with Gasteiger partial charge >= 0.3 is 0 Å². The average Bonchev–Trinajstić information content (AvgIpc) is 2.05. The average molecular weight is 170 g/mol. The van der Waals surface area contributed by atoms with Gasteiger partial charge < -0.3 is 5.32 Å². The van der Waals surface area contributed by atoms with E-state index < -0.39 is 0 Å². The van der Waals surface area contributed by atoms with Crippen LogP contribution in [0.25, 0.3) is 0 Å². The summed E-state index contributed by atoms with van der Waals surface area (Å²) in [6.07, 6.45) is 3.14. The van der Waals surface area contributed by atoms with E-state index in [1.165, 1.54) is 13.0 Å². The first-order valence-corrected chi connectivity index (χ1v) is 4.67. The molecule has 1 unspecified atom stereocenters. The van der Waals surface area contributed by atoms with E-state index in [-0.39, 0.29) is 0 Å². The van der Waals surface area contributed by atoms with Gasteiger partial charge in [0.1, 0.15) is 0 Å². The fourth-order valence-electron chi connectivity index (χ4n) is 1.71. The van der Waals surface area contributed by atoms with Crippen molar-refractivity contribution >= 4 is 6.41 Å². The number of rotatable bonds is 3. The first-order chi connectivity index (χ1) is 5.74. The molecular weight excluding hydrogens is 152 g/mol. The quantitative estimate of drug-likeness (QED) is 0.629. The van der Waals surface area contributed by atoms with Gasteiger partial charge in [-0.25, -0.2) is 0 Å². The number of carbonyl (C=O) groups is 1. The Bertz CT molecular complexity index is 147. The molecule has 12 heavy (non-hydrogen) atoms. The van der Waals surface area contributed by atoms with E-state index in [0.29, 0.717) is 12.1 Å². The summed E-state index contributed by atoms with van der Waals surface area (Å²) in [6.45, 7) is 6.58. The lowest BCUT2D eigenvalue weighted by Gasteiger charge is -2.34. The van der Waals surface area contributed by atoms with E-state index in [9.17, 15) is 4.79 Å². The van der Waals surface area contributed by atoms with Crippen LogP contribution in [0.15, 0.2) is 0 Å². The third kappa shape index (κ3) is 2.48. The van der Waals surface area contributed by atoms with Gasteiger partial charge in [0.15, 0.2) is 0 Å². The van der Waals surface area contributed by atoms with Gasteiger partial charge in [0.05, 0.1) is 0 Å². The van der Waals surface area contributed by atoms with E-state index >= 15 is 0 Å². The molecule has 1 rings (SSSR count). The van der Waals surface area contributed by atoms with Crippen molar-refractivity contribution in [3.05, 3.63) is 0 Å². The maximum absolute atomic E-state index is 10.2. The molecule has 0 saturated carbocycles. The highest BCUT2D eigenvalue weighted by Gasteiger charge is 2.20. The van der Waals surface area contributed by atoms with Gasteiger partial charge in [-0.05, 0) is 33.2 Å². The molecule has 1 saturated heterocycles. The van der Waals surface area contributed by atoms with Crippen LogP contribution in [-0.4, -0.2) is 36.5 Å². The number of hydrogen-bond donors (Lipinski definition) is 1. The van der Waals surface area contributed by atoms with Crippen LogP contribution in [0, 0.1) is 0 Å². The van der Waals surface area contributed by atoms with Crippen LogP contribution in [0.1, 0.15) is 26.7 Å². The van der Waals surface area contributed by atoms with E-state index in [2.05, 4.69) is 24.1 Å². The van der Waals surface area contributed by atoms with Crippen molar-refractivity contribution in [3.63, 3.8) is 0 Å². The second-order valence-electron chi connectivity index (χ2n) is 3.71. The second kappa shape index (κ2) is 4.45. The molecule has 70 valence electrons. The van der Waals surface area contributed by atoms with Gasteiger partial charge in [-0.1, -0.05) is 0 Å². The zero-order chi connectivity index (χ0) is 8.97. The van der Waals surface area contributed by atoms with Gasteiger partial charge in [-0.15, -0.1) is 0 Å². The molecule has 1 heterocycles. The molecule has 1 N–H and O–H groups in total. The normalized spacial score (nSPS) is 25.8. The van der Waals surface area contributed by atoms with Crippen LogP contribution in [0.2, 0.25) is 0 Å². The summed E-state index contributed by atoms with van der Waals surface area (Å²) in [6, 6.07) is 0.972. The Morgan fingerprint density at radius 2 is 2.33 bits per heavy atom. The lowest BCUT2D eigenvalue weighted by Crippen LogP contribution is -2.47. The molecule has 3 heteroatoms. The molecule has 3 nitrogen and oxygen atoms in total. The zero-order valence-electron chi connectivity index (χ0n) is 7.92. The molecule has 1 fully saturated rings. The zero-order valence-corrected chi connectivity index (χ0v) is 7.92. The van der Waals surface area contributed by atoms with Gasteiger partial charge in [-0.3, -0.25) is 9.69 Å². The Morgan fingerprint density at radius 3 is 2.92 bits per heavy atom. The van der Waals surface area contributed by atoms with Crippen molar-refractivity contribution in [3.8, 4) is 0 Å². The Hall–Kier alpha value is -0.570. The van der Waals surface area contributed by atoms with Crippen LogP contribution in [0.5, 0.6) is 0 Å². The van der Waals surface area contributed by atoms with Gasteiger partial charge in [0, 0.05) is 18.6 Å². The molecule has 1 amide bonds. The highest BCUT2D eigenvalue weighted by Crippen LogP contribution is 2.11. The van der Waals surface area contributed by atoms with Gasteiger partial charge in [-0.2, -0.15) is 0 Å². The molecule has 0 aliphatic carbocycles. The molecule has 1 aliphatic rings. The molecule has 0 aromatic heterocycles. The Labute approximate surface area is 74.1 Å². The number of hydrogen-bond acceptors (Lipinski definition) is 2. The van der Waals surface area contributed by atoms with Gasteiger partial charge in [0.2, 0.25) is 6.41 Å². The number of carbonyl (C=O) groups excluding carboxylic acids is 1. The lowest BCUT2D eigenvalue weighted by molar-refractivity contribution is -0.110. The molecule has 0 aromatic rings. The number of likely N-dealkylation sites (tertiary alicyclic amines) is 1. The lowest BCUT2D eigenvalue weighted by atomic mass is 10.0. The van der Waals surface area contributed by atoms with E-state index in [1.54, 1.807) is 0 Å². The predicted molar refractivity (Wildman–Crippen MR) is 48.9 cm³/mol. The summed E-state index contributed by atoms with van der Waals surface area (Å²) in [4.78, 5) is 12.6. The fraction of sp³-hybridized carbons (Fsp3) is 0.889. The Balaban J connectivity index is 2.34. The van der Waals surface area contributed by atoms with E-state index in [4.69, 9.17) is 0 Å². The Morgan fingerprint density at radius 1 is 1.58 bits per heavy atom. The van der Waals surface area contributed by atoms with Crippen LogP contribution < -0.4 is 5.32 Å². The molecule has 0 bridgehead atoms. The second-order valence-corrected chi connectivity index (χ2v) is 3.71. The van der Waals surface area contributed by atoms with E-state index in [0.717, 1.165) is 19.4 Å². The van der Waals surface area contributed by atoms with Gasteiger partial charge in [0.25, 0.3) is 0 Å². The summed E-state index contributed by atoms with van der Waals surface area (Å²) in [5, 5.41) is 2.85. The maximum atomic E-state index is 10.2. The first kappa shape index (κ1) is 9.52. The van der Waals surface area contributed by atoms with E-state index in [1.807, 2.05) is 0 Å². The van der Waals surface area contributed by atoms with Crippen molar-refractivity contribution in [1.29, 1.82) is 0 Å². The molecule has 0 radical (unpaired) electrons. The summed E-state index contributed by atoms with van der Waals surface area (Å²) >= 11 is 0. The number of piperidine rings is 1. The molecule has 0 spiro atoms. The molecule has 0 aromatic carbocycles. The summed E-state index contributed by atoms with van der Waals surface area (Å²) in [5.74, 6) is 0. The van der Waals surface area contributed by atoms with Crippen LogP contribution in [0.4, 0.5) is 0 Å². The summed E-state index contributed by atoms with van der Waals surface area (Å²) in [5.41, 5.74) is 0. The monoisotopic (exact) mass is 170 g/mol. The molecule has 1 aliphatic heterocycles. The minimum Gasteiger partial charge on any atom is -0.355 e. The standard InChI is InChI=1S/C9H18N2O/c1-8(2)11-5-3-4-9(6-11)10-7-12/h7-9H,3-6H2,1-2H3,(H,10,12). The van der Waals surface area contributed by atoms with Crippen LogP contribution in [0.3, 0.4) is 0 Å². The smallest absolute Gasteiger partial charge is 0.207 e. The predicted octanol–water partition coefficient (Wildman–Crippen LogP) is 0.605. The topological polar surface area (TPSA) is 32.3 Å². The minimum absolute atomic E-state index is 0.374. The summed E-state index contributed by atoms with van der Waals surface area (Å²) in [7, 11) is 0. The van der Waals surface area contributed by atoms with Crippen molar-refractivity contribution in [2.24, 2.45) is 0 Å². The van der Waals surface area contributed by atoms with Crippen LogP contribution in [-0.2, 0) is 4.79 Å². The molecular formula is C9H18N2O. The minimum atomic E-state index is 0.374. The largest absolute Gasteiger partial charge is 0.355 e. The first-order valence-electron chi connectivity index (χ1n) is 4.67. The number of amides is 1. The Kier molecular flexibility index (Phi) is 3.53. The highest BCUT2D eigenvalue weighted by atomic mass is 16.1. The molecule has 1 atom stereocenters. The van der Waals surface area contributed by atoms with Crippen molar-refractivity contribution in [2.45, 2.75) is 38.8 Å².